The lowest BCUT2D eigenvalue weighted by molar-refractivity contribution is -0.136. The molecule has 0 fully saturated rings. The Balaban J connectivity index is 1.98. The zero-order chi connectivity index (χ0) is 13.2. The van der Waals surface area contributed by atoms with Gasteiger partial charge >= 0.3 is 5.97 Å². The number of hydrogen-bond acceptors (Lipinski definition) is 5. The van der Waals surface area contributed by atoms with Crippen LogP contribution in [0, 0.1) is 0 Å². The Morgan fingerprint density at radius 3 is 2.84 bits per heavy atom. The first-order chi connectivity index (χ1) is 9.24. The van der Waals surface area contributed by atoms with Crippen molar-refractivity contribution >= 4 is 5.97 Å². The number of hydrogen-bond donors (Lipinski definition) is 1. The highest BCUT2D eigenvalue weighted by atomic mass is 16.6. The van der Waals surface area contributed by atoms with Crippen LogP contribution in [0.3, 0.4) is 0 Å². The number of rotatable bonds is 3. The largest absolute Gasteiger partial charge is 0.486 e. The normalized spacial score (nSPS) is 13.3. The van der Waals surface area contributed by atoms with Crippen molar-refractivity contribution in [2.24, 2.45) is 0 Å². The van der Waals surface area contributed by atoms with Gasteiger partial charge in [0.1, 0.15) is 25.2 Å². The smallest absolute Gasteiger partial charge is 0.308 e. The summed E-state index contributed by atoms with van der Waals surface area (Å²) in [5.74, 6) is 0.383. The Labute approximate surface area is 108 Å². The van der Waals surface area contributed by atoms with Gasteiger partial charge in [0.25, 0.3) is 0 Å². The molecule has 2 aromatic rings. The maximum atomic E-state index is 10.8. The summed E-state index contributed by atoms with van der Waals surface area (Å²) in [5.41, 5.74) is 1.79. The van der Waals surface area contributed by atoms with Crippen LogP contribution in [0.4, 0.5) is 0 Å². The lowest BCUT2D eigenvalue weighted by Gasteiger charge is -2.18. The average Bonchev–Trinajstić information content (AvgIpc) is 2.85. The Hall–Kier alpha value is -2.50. The Morgan fingerprint density at radius 2 is 2.05 bits per heavy atom. The number of nitrogens with zero attached hydrogens (tertiary/aromatic N) is 1. The second kappa shape index (κ2) is 4.64. The number of carboxylic acid groups (broad SMARTS) is 1. The van der Waals surface area contributed by atoms with Crippen molar-refractivity contribution in [2.75, 3.05) is 13.2 Å². The van der Waals surface area contributed by atoms with E-state index < -0.39 is 5.97 Å². The molecule has 0 aliphatic carbocycles. The summed E-state index contributed by atoms with van der Waals surface area (Å²) in [6.45, 7) is 1.03. The maximum absolute atomic E-state index is 10.8. The summed E-state index contributed by atoms with van der Waals surface area (Å²) < 4.78 is 15.8. The molecule has 6 heteroatoms. The topological polar surface area (TPSA) is 81.8 Å². The van der Waals surface area contributed by atoms with E-state index in [0.717, 1.165) is 5.56 Å². The van der Waals surface area contributed by atoms with Gasteiger partial charge in [-0.05, 0) is 18.2 Å². The summed E-state index contributed by atoms with van der Waals surface area (Å²) in [6.07, 6.45) is 1.22. The summed E-state index contributed by atoms with van der Waals surface area (Å²) in [5, 5.41) is 12.7. The van der Waals surface area contributed by atoms with E-state index in [1.165, 1.54) is 6.26 Å². The van der Waals surface area contributed by atoms with Gasteiger partial charge in [0.05, 0.1) is 6.42 Å². The van der Waals surface area contributed by atoms with Crippen molar-refractivity contribution < 1.29 is 23.9 Å². The molecule has 1 aromatic carbocycles. The van der Waals surface area contributed by atoms with Crippen LogP contribution in [0.1, 0.15) is 5.56 Å². The van der Waals surface area contributed by atoms with E-state index in [1.807, 2.05) is 0 Å². The predicted octanol–water partition coefficient (Wildman–Crippen LogP) is 1.74. The van der Waals surface area contributed by atoms with E-state index in [-0.39, 0.29) is 6.42 Å². The van der Waals surface area contributed by atoms with Gasteiger partial charge in [-0.15, -0.1) is 0 Å². The van der Waals surface area contributed by atoms with E-state index >= 15 is 0 Å². The maximum Gasteiger partial charge on any atom is 0.308 e. The van der Waals surface area contributed by atoms with Gasteiger partial charge in [-0.1, -0.05) is 5.16 Å². The fraction of sp³-hybridized carbons (Fsp3) is 0.231. The van der Waals surface area contributed by atoms with Crippen molar-refractivity contribution in [1.82, 2.24) is 5.16 Å². The number of aromatic nitrogens is 1. The number of benzene rings is 1. The average molecular weight is 261 g/mol. The molecular weight excluding hydrogens is 250 g/mol. The monoisotopic (exact) mass is 261 g/mol. The number of aliphatic carboxylic acids is 1. The van der Waals surface area contributed by atoms with Gasteiger partial charge < -0.3 is 19.1 Å². The predicted molar refractivity (Wildman–Crippen MR) is 64.3 cm³/mol. The fourth-order valence-corrected chi connectivity index (χ4v) is 1.97. The van der Waals surface area contributed by atoms with Gasteiger partial charge in [-0.3, -0.25) is 4.79 Å². The van der Waals surface area contributed by atoms with Crippen molar-refractivity contribution in [1.29, 1.82) is 0 Å². The highest BCUT2D eigenvalue weighted by Crippen LogP contribution is 2.35. The quantitative estimate of drug-likeness (QED) is 0.906. The molecule has 0 radical (unpaired) electrons. The van der Waals surface area contributed by atoms with Crippen LogP contribution in [-0.4, -0.2) is 29.4 Å². The summed E-state index contributed by atoms with van der Waals surface area (Å²) in [6, 6.07) is 5.36. The molecule has 1 aromatic heterocycles. The van der Waals surface area contributed by atoms with Crippen molar-refractivity contribution in [3.05, 3.63) is 30.0 Å². The first kappa shape index (κ1) is 11.6. The van der Waals surface area contributed by atoms with E-state index in [0.29, 0.717) is 36.0 Å². The molecule has 0 unspecified atom stereocenters. The molecule has 1 aliphatic rings. The summed E-state index contributed by atoms with van der Waals surface area (Å²) >= 11 is 0. The molecule has 0 saturated carbocycles. The number of fused-ring (bicyclic) bond motifs is 1. The molecule has 3 rings (SSSR count). The minimum Gasteiger partial charge on any atom is -0.486 e. The van der Waals surface area contributed by atoms with Gasteiger partial charge in [0.2, 0.25) is 0 Å². The van der Waals surface area contributed by atoms with Crippen LogP contribution in [0.5, 0.6) is 11.5 Å². The van der Waals surface area contributed by atoms with Gasteiger partial charge in [0, 0.05) is 11.1 Å². The van der Waals surface area contributed by atoms with Gasteiger partial charge in [-0.25, -0.2) is 0 Å². The highest BCUT2D eigenvalue weighted by Gasteiger charge is 2.17. The van der Waals surface area contributed by atoms with Crippen LogP contribution >= 0.6 is 0 Å². The summed E-state index contributed by atoms with van der Waals surface area (Å²) in [7, 11) is 0. The van der Waals surface area contributed by atoms with Crippen LogP contribution in [0.15, 0.2) is 29.0 Å². The van der Waals surface area contributed by atoms with Crippen LogP contribution < -0.4 is 9.47 Å². The number of carboxylic acids is 1. The zero-order valence-corrected chi connectivity index (χ0v) is 9.96. The Morgan fingerprint density at radius 1 is 1.26 bits per heavy atom. The molecule has 0 amide bonds. The molecular formula is C13H11NO5. The van der Waals surface area contributed by atoms with Crippen LogP contribution in [-0.2, 0) is 11.2 Å². The lowest BCUT2D eigenvalue weighted by Crippen LogP contribution is -2.15. The summed E-state index contributed by atoms with van der Waals surface area (Å²) in [4.78, 5) is 10.8. The van der Waals surface area contributed by atoms with Gasteiger partial charge in [0.15, 0.2) is 11.5 Å². The minimum atomic E-state index is -0.929. The van der Waals surface area contributed by atoms with Crippen molar-refractivity contribution in [2.45, 2.75) is 6.42 Å². The van der Waals surface area contributed by atoms with Crippen molar-refractivity contribution in [3.8, 4) is 22.8 Å². The van der Waals surface area contributed by atoms with E-state index in [9.17, 15) is 4.79 Å². The Bertz CT molecular complexity index is 619. The molecule has 19 heavy (non-hydrogen) atoms. The minimum absolute atomic E-state index is 0.132. The van der Waals surface area contributed by atoms with Gasteiger partial charge in [-0.2, -0.15) is 0 Å². The third-order valence-electron chi connectivity index (χ3n) is 2.80. The Kier molecular flexibility index (Phi) is 2.83. The third-order valence-corrected chi connectivity index (χ3v) is 2.80. The van der Waals surface area contributed by atoms with Crippen molar-refractivity contribution in [3.63, 3.8) is 0 Å². The first-order valence-corrected chi connectivity index (χ1v) is 5.79. The van der Waals surface area contributed by atoms with E-state index in [1.54, 1.807) is 18.2 Å². The van der Waals surface area contributed by atoms with E-state index in [4.69, 9.17) is 19.1 Å². The van der Waals surface area contributed by atoms with E-state index in [2.05, 4.69) is 5.16 Å². The molecule has 1 N–H and O–H groups in total. The molecule has 0 atom stereocenters. The SMILES string of the molecule is O=C(O)Cc1conc1-c1ccc2c(c1)OCCO2. The first-order valence-electron chi connectivity index (χ1n) is 5.79. The third kappa shape index (κ3) is 2.24. The molecule has 6 nitrogen and oxygen atoms in total. The van der Waals surface area contributed by atoms with Crippen LogP contribution in [0.25, 0.3) is 11.3 Å². The molecule has 0 bridgehead atoms. The fourth-order valence-electron chi connectivity index (χ4n) is 1.97. The lowest BCUT2D eigenvalue weighted by atomic mass is 10.1. The highest BCUT2D eigenvalue weighted by molar-refractivity contribution is 5.75. The molecule has 0 saturated heterocycles. The molecule has 1 aliphatic heterocycles. The molecule has 2 heterocycles. The zero-order valence-electron chi connectivity index (χ0n) is 9.96. The van der Waals surface area contributed by atoms with Crippen LogP contribution in [0.2, 0.25) is 0 Å². The molecule has 0 spiro atoms. The molecule has 98 valence electrons. The standard InChI is InChI=1S/C13H11NO5/c15-12(16)6-9-7-19-14-13(9)8-1-2-10-11(5-8)18-4-3-17-10/h1-2,5,7H,3-4,6H2,(H,15,16). The second-order valence-corrected chi connectivity index (χ2v) is 4.12. The second-order valence-electron chi connectivity index (χ2n) is 4.12. The number of carbonyl (C=O) groups is 1. The number of ether oxygens (including phenoxy) is 2.